The van der Waals surface area contributed by atoms with Gasteiger partial charge < -0.3 is 16.4 Å². The Hall–Kier alpha value is -0.690. The van der Waals surface area contributed by atoms with Gasteiger partial charge >= 0.3 is 0 Å². The highest BCUT2D eigenvalue weighted by molar-refractivity contribution is 5.75. The molecule has 0 heterocycles. The summed E-state index contributed by atoms with van der Waals surface area (Å²) in [4.78, 5) is 11.8. The first-order valence-corrected chi connectivity index (χ1v) is 14.9. The molecular formula is C28H61N5O. The van der Waals surface area contributed by atoms with Gasteiger partial charge in [-0.05, 0) is 6.42 Å². The summed E-state index contributed by atoms with van der Waals surface area (Å²) in [6.45, 7) is 7.23. The van der Waals surface area contributed by atoms with Crippen molar-refractivity contribution in [3.8, 4) is 0 Å². The zero-order chi connectivity index (χ0) is 24.8. The van der Waals surface area contributed by atoms with Crippen molar-refractivity contribution >= 4 is 5.91 Å². The lowest BCUT2D eigenvalue weighted by Crippen LogP contribution is -2.42. The number of carbonyl (C=O) groups is 1. The van der Waals surface area contributed by atoms with Crippen LogP contribution in [0.4, 0.5) is 0 Å². The maximum Gasteiger partial charge on any atom is 0.234 e. The normalized spacial score (nSPS) is 11.2. The predicted octanol–water partition coefficient (Wildman–Crippen LogP) is 5.57. The summed E-state index contributed by atoms with van der Waals surface area (Å²) in [5.74, 6) is 0.108. The van der Waals surface area contributed by atoms with Crippen LogP contribution in [-0.4, -0.2) is 45.2 Å². The van der Waals surface area contributed by atoms with Gasteiger partial charge in [-0.1, -0.05) is 122 Å². The fraction of sp³-hybridized carbons (Fsp3) is 0.964. The van der Waals surface area contributed by atoms with E-state index in [-0.39, 0.29) is 5.91 Å². The number of rotatable bonds is 29. The second kappa shape index (κ2) is 30.3. The van der Waals surface area contributed by atoms with E-state index >= 15 is 0 Å². The predicted molar refractivity (Wildman–Crippen MR) is 149 cm³/mol. The van der Waals surface area contributed by atoms with Crippen LogP contribution in [0.3, 0.4) is 0 Å². The van der Waals surface area contributed by atoms with Crippen molar-refractivity contribution in [1.82, 2.24) is 21.5 Å². The third-order valence-corrected chi connectivity index (χ3v) is 6.46. The fourth-order valence-corrected chi connectivity index (χ4v) is 4.27. The summed E-state index contributed by atoms with van der Waals surface area (Å²) in [5.41, 5.74) is 11.2. The lowest BCUT2D eigenvalue weighted by atomic mass is 10.0. The summed E-state index contributed by atoms with van der Waals surface area (Å²) in [6, 6.07) is 0. The monoisotopic (exact) mass is 483 g/mol. The third kappa shape index (κ3) is 29.3. The molecule has 0 bridgehead atoms. The Balaban J connectivity index is 3.12. The van der Waals surface area contributed by atoms with Gasteiger partial charge in [0.15, 0.2) is 0 Å². The molecule has 6 heteroatoms. The molecule has 0 aliphatic heterocycles. The molecule has 0 spiro atoms. The van der Waals surface area contributed by atoms with Gasteiger partial charge in [-0.25, -0.2) is 5.43 Å². The van der Waals surface area contributed by atoms with Crippen LogP contribution in [0.15, 0.2) is 0 Å². The van der Waals surface area contributed by atoms with Crippen LogP contribution in [0, 0.1) is 0 Å². The Kier molecular flexibility index (Phi) is 29.7. The van der Waals surface area contributed by atoms with E-state index in [0.717, 1.165) is 39.1 Å². The molecule has 6 nitrogen and oxygen atoms in total. The molecule has 34 heavy (non-hydrogen) atoms. The van der Waals surface area contributed by atoms with Gasteiger partial charge in [0.05, 0.1) is 0 Å². The molecule has 6 N–H and O–H groups in total. The van der Waals surface area contributed by atoms with Gasteiger partial charge in [-0.2, -0.15) is 0 Å². The average Bonchev–Trinajstić information content (AvgIpc) is 2.84. The van der Waals surface area contributed by atoms with E-state index < -0.39 is 0 Å². The van der Waals surface area contributed by atoms with Crippen molar-refractivity contribution < 1.29 is 4.79 Å². The van der Waals surface area contributed by atoms with Crippen LogP contribution in [0.2, 0.25) is 0 Å². The molecule has 204 valence electrons. The molecule has 0 unspecified atom stereocenters. The van der Waals surface area contributed by atoms with Crippen molar-refractivity contribution in [2.75, 3.05) is 39.3 Å². The average molecular weight is 484 g/mol. The highest BCUT2D eigenvalue weighted by Crippen LogP contribution is 2.14. The molecule has 0 aliphatic carbocycles. The van der Waals surface area contributed by atoms with Crippen LogP contribution >= 0.6 is 0 Å². The first kappa shape index (κ1) is 33.3. The summed E-state index contributed by atoms with van der Waals surface area (Å²) >= 11 is 0. The van der Waals surface area contributed by atoms with Crippen LogP contribution in [0.25, 0.3) is 0 Å². The number of hydrazine groups is 1. The van der Waals surface area contributed by atoms with E-state index in [1.807, 2.05) is 0 Å². The van der Waals surface area contributed by atoms with Gasteiger partial charge in [-0.15, -0.1) is 0 Å². The first-order valence-electron chi connectivity index (χ1n) is 14.9. The number of nitrogens with two attached hydrogens (primary N) is 1. The van der Waals surface area contributed by atoms with E-state index in [4.69, 9.17) is 5.73 Å². The molecule has 0 saturated heterocycles. The molecule has 0 atom stereocenters. The molecule has 0 aromatic rings. The SMILES string of the molecule is CCCCCCCCCCCCCCCCCCCCCC(=O)NNCCNCCNCCN. The highest BCUT2D eigenvalue weighted by atomic mass is 16.2. The van der Waals surface area contributed by atoms with Gasteiger partial charge in [0.2, 0.25) is 5.91 Å². The minimum absolute atomic E-state index is 0.108. The standard InChI is InChI=1S/C28H61N5O/c1-2-3-4-5-6-7-8-9-10-11-12-13-14-15-16-17-18-19-20-21-28(34)33-32-27-26-31-25-24-30-23-22-29/h30-32H,2-27,29H2,1H3,(H,33,34). The Morgan fingerprint density at radius 3 is 1.35 bits per heavy atom. The van der Waals surface area contributed by atoms with Gasteiger partial charge in [0.1, 0.15) is 0 Å². The van der Waals surface area contributed by atoms with Crippen molar-refractivity contribution in [3.63, 3.8) is 0 Å². The smallest absolute Gasteiger partial charge is 0.234 e. The number of amides is 1. The second-order valence-electron chi connectivity index (χ2n) is 9.88. The largest absolute Gasteiger partial charge is 0.329 e. The topological polar surface area (TPSA) is 91.2 Å². The molecule has 0 fully saturated rings. The van der Waals surface area contributed by atoms with Crippen LogP contribution in [0.1, 0.15) is 135 Å². The second-order valence-corrected chi connectivity index (χ2v) is 9.88. The van der Waals surface area contributed by atoms with Crippen LogP contribution < -0.4 is 27.2 Å². The summed E-state index contributed by atoms with van der Waals surface area (Å²) in [7, 11) is 0. The number of hydrogen-bond donors (Lipinski definition) is 5. The van der Waals surface area contributed by atoms with Crippen LogP contribution in [-0.2, 0) is 4.79 Å². The zero-order valence-electron chi connectivity index (χ0n) is 22.9. The summed E-state index contributed by atoms with van der Waals surface area (Å²) in [5, 5.41) is 6.54. The lowest BCUT2D eigenvalue weighted by Gasteiger charge is -2.09. The maximum atomic E-state index is 11.8. The van der Waals surface area contributed by atoms with E-state index in [2.05, 4.69) is 28.4 Å². The van der Waals surface area contributed by atoms with E-state index in [9.17, 15) is 4.79 Å². The Morgan fingerprint density at radius 2 is 0.912 bits per heavy atom. The molecule has 0 radical (unpaired) electrons. The van der Waals surface area contributed by atoms with E-state index in [0.29, 0.717) is 13.0 Å². The van der Waals surface area contributed by atoms with Crippen molar-refractivity contribution in [2.24, 2.45) is 5.73 Å². The van der Waals surface area contributed by atoms with E-state index in [1.165, 1.54) is 116 Å². The number of nitrogens with one attached hydrogen (secondary N) is 4. The van der Waals surface area contributed by atoms with Gasteiger partial charge in [0.25, 0.3) is 0 Å². The van der Waals surface area contributed by atoms with Gasteiger partial charge in [0, 0.05) is 45.7 Å². The Morgan fingerprint density at radius 1 is 0.529 bits per heavy atom. The molecular weight excluding hydrogens is 422 g/mol. The minimum atomic E-state index is 0.108. The van der Waals surface area contributed by atoms with Crippen LogP contribution in [0.5, 0.6) is 0 Å². The molecule has 1 amide bonds. The van der Waals surface area contributed by atoms with Crippen molar-refractivity contribution in [1.29, 1.82) is 0 Å². The zero-order valence-corrected chi connectivity index (χ0v) is 22.9. The minimum Gasteiger partial charge on any atom is -0.329 e. The quantitative estimate of drug-likeness (QED) is 0.0709. The molecule has 0 saturated carbocycles. The molecule has 0 rings (SSSR count). The molecule has 0 aliphatic rings. The summed E-state index contributed by atoms with van der Waals surface area (Å²) < 4.78 is 0. The highest BCUT2D eigenvalue weighted by Gasteiger charge is 2.00. The maximum absolute atomic E-state index is 11.8. The number of unbranched alkanes of at least 4 members (excludes halogenated alkanes) is 18. The third-order valence-electron chi connectivity index (χ3n) is 6.46. The Bertz CT molecular complexity index is 395. The first-order chi connectivity index (χ1) is 16.8. The number of carbonyl (C=O) groups excluding carboxylic acids is 1. The Labute approximate surface area is 212 Å². The lowest BCUT2D eigenvalue weighted by molar-refractivity contribution is -0.122. The van der Waals surface area contributed by atoms with Crippen molar-refractivity contribution in [3.05, 3.63) is 0 Å². The fourth-order valence-electron chi connectivity index (χ4n) is 4.27. The van der Waals surface area contributed by atoms with Crippen molar-refractivity contribution in [2.45, 2.75) is 135 Å². The van der Waals surface area contributed by atoms with Gasteiger partial charge in [-0.3, -0.25) is 10.2 Å². The molecule has 0 aromatic heterocycles. The summed E-state index contributed by atoms with van der Waals surface area (Å²) in [6.07, 6.45) is 26.8. The molecule has 0 aromatic carbocycles. The van der Waals surface area contributed by atoms with E-state index in [1.54, 1.807) is 0 Å². The number of hydrogen-bond acceptors (Lipinski definition) is 5.